The summed E-state index contributed by atoms with van der Waals surface area (Å²) in [6.45, 7) is 1.69. The average Bonchev–Trinajstić information content (AvgIpc) is 3.21. The van der Waals surface area contributed by atoms with Crippen LogP contribution in [0.3, 0.4) is 0 Å². The molecule has 0 aliphatic carbocycles. The Morgan fingerprint density at radius 2 is 2.25 bits per heavy atom. The molecule has 1 aromatic carbocycles. The molecule has 1 aliphatic heterocycles. The van der Waals surface area contributed by atoms with Gasteiger partial charge in [0.2, 0.25) is 0 Å². The van der Waals surface area contributed by atoms with Gasteiger partial charge in [0.15, 0.2) is 0 Å². The van der Waals surface area contributed by atoms with Crippen LogP contribution in [0.15, 0.2) is 36.8 Å². The summed E-state index contributed by atoms with van der Waals surface area (Å²) in [5.41, 5.74) is 1.37. The molecule has 0 saturated carbocycles. The number of hydrogen-bond acceptors (Lipinski definition) is 5. The smallest absolute Gasteiger partial charge is 0.134 e. The number of hydrogen-bond donors (Lipinski definition) is 3. The molecular formula is C17H18FN5O. The molecule has 24 heavy (non-hydrogen) atoms. The molecule has 0 bridgehead atoms. The van der Waals surface area contributed by atoms with Crippen molar-refractivity contribution in [3.8, 4) is 0 Å². The molecule has 3 aromatic rings. The van der Waals surface area contributed by atoms with Gasteiger partial charge in [-0.25, -0.2) is 14.4 Å². The molecule has 1 saturated heterocycles. The second kappa shape index (κ2) is 6.09. The van der Waals surface area contributed by atoms with Crippen molar-refractivity contribution in [1.29, 1.82) is 0 Å². The van der Waals surface area contributed by atoms with Gasteiger partial charge in [0.1, 0.15) is 23.8 Å². The van der Waals surface area contributed by atoms with Gasteiger partial charge in [-0.1, -0.05) is 0 Å². The zero-order valence-corrected chi connectivity index (χ0v) is 13.0. The summed E-state index contributed by atoms with van der Waals surface area (Å²) < 4.78 is 14.1. The van der Waals surface area contributed by atoms with Crippen molar-refractivity contribution in [2.75, 3.05) is 23.3 Å². The molecule has 6 nitrogen and oxygen atoms in total. The normalized spacial score (nSPS) is 17.6. The predicted molar refractivity (Wildman–Crippen MR) is 90.5 cm³/mol. The Hall–Kier alpha value is -2.67. The van der Waals surface area contributed by atoms with E-state index >= 15 is 0 Å². The van der Waals surface area contributed by atoms with Crippen molar-refractivity contribution < 1.29 is 9.50 Å². The number of nitrogens with one attached hydrogen (secondary N) is 2. The van der Waals surface area contributed by atoms with E-state index in [9.17, 15) is 9.50 Å². The number of aromatic nitrogens is 3. The number of fused-ring (bicyclic) bond motifs is 1. The third-order valence-corrected chi connectivity index (χ3v) is 4.32. The van der Waals surface area contributed by atoms with Crippen molar-refractivity contribution in [1.82, 2.24) is 15.0 Å². The second-order valence-electron chi connectivity index (χ2n) is 6.01. The summed E-state index contributed by atoms with van der Waals surface area (Å²) in [5.74, 6) is 1.15. The van der Waals surface area contributed by atoms with Gasteiger partial charge in [-0.05, 0) is 30.0 Å². The monoisotopic (exact) mass is 327 g/mol. The Balaban J connectivity index is 1.49. The van der Waals surface area contributed by atoms with E-state index < -0.39 is 0 Å². The molecule has 3 heterocycles. The third kappa shape index (κ3) is 2.90. The molecule has 1 unspecified atom stereocenters. The summed E-state index contributed by atoms with van der Waals surface area (Å²) in [4.78, 5) is 13.4. The number of aliphatic hydroxyl groups is 1. The Bertz CT molecular complexity index is 865. The second-order valence-corrected chi connectivity index (χ2v) is 6.01. The lowest BCUT2D eigenvalue weighted by Gasteiger charge is -2.17. The summed E-state index contributed by atoms with van der Waals surface area (Å²) in [6.07, 6.45) is 3.71. The zero-order valence-electron chi connectivity index (χ0n) is 13.0. The van der Waals surface area contributed by atoms with Crippen molar-refractivity contribution in [3.05, 3.63) is 48.2 Å². The van der Waals surface area contributed by atoms with Crippen LogP contribution < -0.4 is 10.2 Å². The number of β-amino-alcohol motifs (C(OH)–C–C–N with tert-alkyl or cyclic N) is 1. The lowest BCUT2D eigenvalue weighted by molar-refractivity contribution is 0.198. The van der Waals surface area contributed by atoms with Crippen LogP contribution in [0.4, 0.5) is 16.0 Å². The first-order valence-electron chi connectivity index (χ1n) is 7.93. The van der Waals surface area contributed by atoms with Crippen molar-refractivity contribution in [3.63, 3.8) is 0 Å². The number of rotatable bonds is 4. The summed E-state index contributed by atoms with van der Waals surface area (Å²) in [5, 5.41) is 13.8. The third-order valence-electron chi connectivity index (χ3n) is 4.32. The Morgan fingerprint density at radius 1 is 1.33 bits per heavy atom. The van der Waals surface area contributed by atoms with Gasteiger partial charge in [-0.2, -0.15) is 0 Å². The highest BCUT2D eigenvalue weighted by molar-refractivity contribution is 5.80. The Kier molecular flexibility index (Phi) is 3.78. The van der Waals surface area contributed by atoms with Crippen molar-refractivity contribution in [2.45, 2.75) is 19.1 Å². The molecule has 4 rings (SSSR count). The maximum absolute atomic E-state index is 14.1. The van der Waals surface area contributed by atoms with Gasteiger partial charge in [0.05, 0.1) is 6.10 Å². The largest absolute Gasteiger partial charge is 0.391 e. The van der Waals surface area contributed by atoms with Crippen LogP contribution in [0.25, 0.3) is 10.9 Å². The fourth-order valence-corrected chi connectivity index (χ4v) is 3.01. The van der Waals surface area contributed by atoms with Crippen LogP contribution in [0.2, 0.25) is 0 Å². The first kappa shape index (κ1) is 14.9. The van der Waals surface area contributed by atoms with Crippen LogP contribution in [0.5, 0.6) is 0 Å². The van der Waals surface area contributed by atoms with E-state index in [4.69, 9.17) is 0 Å². The van der Waals surface area contributed by atoms with E-state index in [1.165, 1.54) is 12.4 Å². The number of anilines is 2. The molecule has 7 heteroatoms. The quantitative estimate of drug-likeness (QED) is 0.685. The number of aromatic amines is 1. The Morgan fingerprint density at radius 3 is 3.08 bits per heavy atom. The van der Waals surface area contributed by atoms with Gasteiger partial charge in [-0.3, -0.25) is 0 Å². The molecule has 0 amide bonds. The van der Waals surface area contributed by atoms with E-state index in [2.05, 4.69) is 20.3 Å². The minimum atomic E-state index is -0.307. The molecular weight excluding hydrogens is 309 g/mol. The zero-order chi connectivity index (χ0) is 16.5. The maximum atomic E-state index is 14.1. The fraction of sp³-hybridized carbons (Fsp3) is 0.294. The molecule has 2 aromatic heterocycles. The molecule has 124 valence electrons. The van der Waals surface area contributed by atoms with Gasteiger partial charge < -0.3 is 20.3 Å². The average molecular weight is 327 g/mol. The van der Waals surface area contributed by atoms with E-state index in [1.54, 1.807) is 6.20 Å². The van der Waals surface area contributed by atoms with E-state index in [0.717, 1.165) is 29.7 Å². The minimum absolute atomic E-state index is 0.255. The fourth-order valence-electron chi connectivity index (χ4n) is 3.01. The SMILES string of the molecule is OC1CCN(c2cc(NCc3cc4cc[nH]c4cc3F)ncn2)C1. The molecule has 1 fully saturated rings. The number of halogens is 1. The summed E-state index contributed by atoms with van der Waals surface area (Å²) in [6, 6.07) is 7.07. The number of H-pyrrole nitrogens is 1. The maximum Gasteiger partial charge on any atom is 0.134 e. The standard InChI is InChI=1S/C17H18FN5O/c18-14-6-15-11(1-3-19-15)5-12(14)8-20-16-7-17(22-10-21-16)23-4-2-13(24)9-23/h1,3,5-7,10,13,19,24H,2,4,8-9H2,(H,20,21,22). The van der Waals surface area contributed by atoms with Crippen LogP contribution >= 0.6 is 0 Å². The lowest BCUT2D eigenvalue weighted by Crippen LogP contribution is -2.22. The first-order chi connectivity index (χ1) is 11.7. The first-order valence-corrected chi connectivity index (χ1v) is 7.93. The molecule has 0 spiro atoms. The molecule has 3 N–H and O–H groups in total. The van der Waals surface area contributed by atoms with Crippen LogP contribution in [0, 0.1) is 5.82 Å². The highest BCUT2D eigenvalue weighted by Crippen LogP contribution is 2.21. The highest BCUT2D eigenvalue weighted by atomic mass is 19.1. The van der Waals surface area contributed by atoms with Crippen LogP contribution in [-0.4, -0.2) is 39.3 Å². The molecule has 0 radical (unpaired) electrons. The van der Waals surface area contributed by atoms with Crippen LogP contribution in [0.1, 0.15) is 12.0 Å². The number of aliphatic hydroxyl groups excluding tert-OH is 1. The minimum Gasteiger partial charge on any atom is -0.391 e. The molecule has 1 atom stereocenters. The van der Waals surface area contributed by atoms with E-state index in [1.807, 2.05) is 23.1 Å². The lowest BCUT2D eigenvalue weighted by atomic mass is 10.1. The van der Waals surface area contributed by atoms with Crippen molar-refractivity contribution >= 4 is 22.5 Å². The summed E-state index contributed by atoms with van der Waals surface area (Å²) >= 11 is 0. The number of nitrogens with zero attached hydrogens (tertiary/aromatic N) is 3. The van der Waals surface area contributed by atoms with Gasteiger partial charge in [0, 0.05) is 43.0 Å². The van der Waals surface area contributed by atoms with Gasteiger partial charge in [0.25, 0.3) is 0 Å². The van der Waals surface area contributed by atoms with Crippen LogP contribution in [-0.2, 0) is 6.54 Å². The van der Waals surface area contributed by atoms with E-state index in [-0.39, 0.29) is 11.9 Å². The summed E-state index contributed by atoms with van der Waals surface area (Å²) in [7, 11) is 0. The molecule has 1 aliphatic rings. The number of benzene rings is 1. The Labute approximate surface area is 138 Å². The van der Waals surface area contributed by atoms with Crippen molar-refractivity contribution in [2.24, 2.45) is 0 Å². The predicted octanol–water partition coefficient (Wildman–Crippen LogP) is 2.28. The van der Waals surface area contributed by atoms with E-state index in [0.29, 0.717) is 24.5 Å². The van der Waals surface area contributed by atoms with Gasteiger partial charge >= 0.3 is 0 Å². The topological polar surface area (TPSA) is 77.1 Å². The van der Waals surface area contributed by atoms with Gasteiger partial charge in [-0.15, -0.1) is 0 Å². The highest BCUT2D eigenvalue weighted by Gasteiger charge is 2.21.